The van der Waals surface area contributed by atoms with Crippen LogP contribution in [0.2, 0.25) is 0 Å². The van der Waals surface area contributed by atoms with Gasteiger partial charge < -0.3 is 20.1 Å². The Morgan fingerprint density at radius 3 is 2.79 bits per heavy atom. The van der Waals surface area contributed by atoms with Crippen LogP contribution in [0.15, 0.2) is 70.7 Å². The number of carbonyl (C=O) groups excluding carboxylic acids is 1. The van der Waals surface area contributed by atoms with Crippen LogP contribution < -0.4 is 10.2 Å². The van der Waals surface area contributed by atoms with Gasteiger partial charge in [0.25, 0.3) is 5.91 Å². The monoisotopic (exact) mass is 460 g/mol. The summed E-state index contributed by atoms with van der Waals surface area (Å²) in [6.07, 6.45) is 3.70. The molecule has 8 heteroatoms. The van der Waals surface area contributed by atoms with Gasteiger partial charge in [-0.15, -0.1) is 0 Å². The first-order chi connectivity index (χ1) is 16.2. The minimum atomic E-state index is -0.420. The summed E-state index contributed by atoms with van der Waals surface area (Å²) in [5.41, 5.74) is 3.87. The maximum atomic E-state index is 12.6. The molecule has 1 atom stereocenters. The smallest absolute Gasteiger partial charge is 0.264 e. The number of aliphatic hydroxyl groups excluding tert-OH is 1. The fourth-order valence-corrected chi connectivity index (χ4v) is 4.87. The summed E-state index contributed by atoms with van der Waals surface area (Å²) in [4.78, 5) is 24.5. The van der Waals surface area contributed by atoms with E-state index in [4.69, 9.17) is 4.74 Å². The summed E-state index contributed by atoms with van der Waals surface area (Å²) < 4.78 is 5.49. The number of ether oxygens (including phenoxy) is 1. The molecule has 0 spiro atoms. The molecule has 1 amide bonds. The number of hydrogen-bond donors (Lipinski definition) is 2. The van der Waals surface area contributed by atoms with E-state index in [0.29, 0.717) is 23.3 Å². The molecule has 2 saturated heterocycles. The Morgan fingerprint density at radius 2 is 2.00 bits per heavy atom. The molecule has 1 aromatic heterocycles. The van der Waals surface area contributed by atoms with Gasteiger partial charge in [-0.25, -0.2) is 0 Å². The molecule has 7 nitrogen and oxygen atoms in total. The third kappa shape index (κ3) is 4.78. The summed E-state index contributed by atoms with van der Waals surface area (Å²) in [7, 11) is 0. The number of hydrogen-bond acceptors (Lipinski definition) is 7. The van der Waals surface area contributed by atoms with E-state index in [0.717, 1.165) is 40.8 Å². The lowest BCUT2D eigenvalue weighted by Gasteiger charge is -2.29. The number of aliphatic hydroxyl groups is 1. The number of morpholine rings is 1. The highest BCUT2D eigenvalue weighted by Gasteiger charge is 2.25. The molecular weight excluding hydrogens is 436 g/mol. The van der Waals surface area contributed by atoms with Crippen LogP contribution in [0.25, 0.3) is 17.0 Å². The molecule has 3 heterocycles. The maximum absolute atomic E-state index is 12.6. The fourth-order valence-electron chi connectivity index (χ4n) is 4.00. The number of pyridine rings is 1. The zero-order valence-corrected chi connectivity index (χ0v) is 18.8. The topological polar surface area (TPSA) is 87.0 Å². The van der Waals surface area contributed by atoms with Gasteiger partial charge in [0.05, 0.1) is 30.2 Å². The number of carbonyl (C=O) groups is 1. The largest absolute Gasteiger partial charge is 0.394 e. The lowest BCUT2D eigenvalue weighted by atomic mass is 10.1. The second kappa shape index (κ2) is 9.74. The Morgan fingerprint density at radius 1 is 1.18 bits per heavy atom. The Bertz CT molecular complexity index is 1220. The third-order valence-corrected chi connectivity index (χ3v) is 6.60. The third-order valence-electron chi connectivity index (χ3n) is 5.67. The lowest BCUT2D eigenvalue weighted by molar-refractivity contribution is -0.115. The van der Waals surface area contributed by atoms with Crippen molar-refractivity contribution in [3.63, 3.8) is 0 Å². The molecule has 3 aromatic rings. The Kier molecular flexibility index (Phi) is 6.39. The fraction of sp³-hybridized carbons (Fsp3) is 0.240. The normalized spacial score (nSPS) is 19.9. The first kappa shape index (κ1) is 21.6. The molecule has 33 heavy (non-hydrogen) atoms. The molecule has 2 N–H and O–H groups in total. The number of nitrogens with zero attached hydrogens (tertiary/aromatic N) is 3. The minimum Gasteiger partial charge on any atom is -0.394 e. The van der Waals surface area contributed by atoms with Crippen molar-refractivity contribution in [1.82, 2.24) is 10.3 Å². The zero-order chi connectivity index (χ0) is 22.6. The number of anilines is 1. The average Bonchev–Trinajstić information content (AvgIpc) is 3.21. The van der Waals surface area contributed by atoms with E-state index in [1.54, 1.807) is 0 Å². The van der Waals surface area contributed by atoms with Gasteiger partial charge in [0.2, 0.25) is 0 Å². The molecule has 0 saturated carbocycles. The van der Waals surface area contributed by atoms with Gasteiger partial charge in [-0.05, 0) is 47.2 Å². The highest BCUT2D eigenvalue weighted by atomic mass is 32.2. The van der Waals surface area contributed by atoms with Crippen molar-refractivity contribution in [1.29, 1.82) is 0 Å². The van der Waals surface area contributed by atoms with Crippen molar-refractivity contribution in [2.75, 3.05) is 37.8 Å². The average molecular weight is 461 g/mol. The van der Waals surface area contributed by atoms with Crippen molar-refractivity contribution in [3.05, 3.63) is 76.8 Å². The number of thioether (sulfide) groups is 1. The van der Waals surface area contributed by atoms with E-state index in [2.05, 4.69) is 26.3 Å². The summed E-state index contributed by atoms with van der Waals surface area (Å²) >= 11 is 1.29. The van der Waals surface area contributed by atoms with Crippen LogP contribution in [-0.2, 0) is 9.53 Å². The van der Waals surface area contributed by atoms with Crippen molar-refractivity contribution in [2.45, 2.75) is 6.04 Å². The van der Waals surface area contributed by atoms with Gasteiger partial charge in [0.15, 0.2) is 5.17 Å². The molecular formula is C25H24N4O3S. The van der Waals surface area contributed by atoms with Crippen LogP contribution in [0.3, 0.4) is 0 Å². The van der Waals surface area contributed by atoms with Gasteiger partial charge in [-0.1, -0.05) is 36.4 Å². The van der Waals surface area contributed by atoms with Crippen LogP contribution in [0.1, 0.15) is 17.2 Å². The van der Waals surface area contributed by atoms with Gasteiger partial charge in [-0.2, -0.15) is 0 Å². The first-order valence-corrected chi connectivity index (χ1v) is 11.7. The maximum Gasteiger partial charge on any atom is 0.264 e. The molecule has 2 aliphatic heterocycles. The number of aromatic nitrogens is 1. The van der Waals surface area contributed by atoms with Crippen molar-refractivity contribution < 1.29 is 14.6 Å². The van der Waals surface area contributed by atoms with Crippen LogP contribution in [0, 0.1) is 0 Å². The molecule has 0 unspecified atom stereocenters. The van der Waals surface area contributed by atoms with Crippen LogP contribution in [-0.4, -0.2) is 54.1 Å². The Labute approximate surface area is 196 Å². The van der Waals surface area contributed by atoms with E-state index in [9.17, 15) is 9.90 Å². The van der Waals surface area contributed by atoms with Crippen molar-refractivity contribution in [3.8, 4) is 0 Å². The van der Waals surface area contributed by atoms with E-state index < -0.39 is 6.04 Å². The van der Waals surface area contributed by atoms with E-state index in [1.165, 1.54) is 11.8 Å². The van der Waals surface area contributed by atoms with E-state index in [-0.39, 0.29) is 12.5 Å². The molecule has 0 radical (unpaired) electrons. The second-order valence-corrected chi connectivity index (χ2v) is 8.84. The molecule has 2 aliphatic rings. The Balaban J connectivity index is 1.42. The number of aliphatic imine (C=N–C) groups is 1. The zero-order valence-electron chi connectivity index (χ0n) is 18.0. The van der Waals surface area contributed by atoms with Gasteiger partial charge in [-0.3, -0.25) is 14.8 Å². The van der Waals surface area contributed by atoms with Crippen LogP contribution in [0.4, 0.5) is 5.69 Å². The molecule has 168 valence electrons. The minimum absolute atomic E-state index is 0.134. The summed E-state index contributed by atoms with van der Waals surface area (Å²) in [6, 6.07) is 17.2. The number of nitrogens with one attached hydrogen (secondary N) is 1. The quantitative estimate of drug-likeness (QED) is 0.568. The number of rotatable bonds is 5. The van der Waals surface area contributed by atoms with Crippen molar-refractivity contribution >= 4 is 45.5 Å². The van der Waals surface area contributed by atoms with Crippen molar-refractivity contribution in [2.24, 2.45) is 4.99 Å². The second-order valence-electron chi connectivity index (χ2n) is 7.81. The standard InChI is InChI=1S/C25H24N4O3S/c30-16-21(18-4-2-1-3-5-18)27-25-28-24(31)23(33-25)15-17-6-7-20-19(14-17)22(8-9-26-20)29-10-12-32-13-11-29/h1-9,14-15,21,30H,10-13,16H2,(H,27,28,31)/b23-15+/t21-/m0/s1. The lowest BCUT2D eigenvalue weighted by Crippen LogP contribution is -2.36. The first-order valence-electron chi connectivity index (χ1n) is 10.9. The highest BCUT2D eigenvalue weighted by Crippen LogP contribution is 2.31. The van der Waals surface area contributed by atoms with Crippen LogP contribution >= 0.6 is 11.8 Å². The number of benzene rings is 2. The Hall–Kier alpha value is -3.20. The van der Waals surface area contributed by atoms with Crippen LogP contribution in [0.5, 0.6) is 0 Å². The van der Waals surface area contributed by atoms with E-state index >= 15 is 0 Å². The number of fused-ring (bicyclic) bond motifs is 1. The molecule has 2 aromatic carbocycles. The summed E-state index contributed by atoms with van der Waals surface area (Å²) in [5, 5.41) is 14.1. The molecule has 5 rings (SSSR count). The summed E-state index contributed by atoms with van der Waals surface area (Å²) in [6.45, 7) is 2.98. The highest BCUT2D eigenvalue weighted by molar-refractivity contribution is 8.18. The SMILES string of the molecule is O=C1NC(=N[C@@H](CO)c2ccccc2)S/C1=C/c1ccc2nccc(N3CCOCC3)c2c1. The predicted molar refractivity (Wildman–Crippen MR) is 132 cm³/mol. The molecule has 2 fully saturated rings. The van der Waals surface area contributed by atoms with Gasteiger partial charge in [0, 0.05) is 30.4 Å². The molecule has 0 bridgehead atoms. The van der Waals surface area contributed by atoms with Gasteiger partial charge in [0.1, 0.15) is 6.04 Å². The molecule has 0 aliphatic carbocycles. The predicted octanol–water partition coefficient (Wildman–Crippen LogP) is 3.36. The van der Waals surface area contributed by atoms with Gasteiger partial charge >= 0.3 is 0 Å². The number of amides is 1. The number of amidine groups is 1. The van der Waals surface area contributed by atoms with E-state index in [1.807, 2.05) is 60.8 Å². The summed E-state index contributed by atoms with van der Waals surface area (Å²) in [5.74, 6) is -0.191.